The van der Waals surface area contributed by atoms with Crippen molar-refractivity contribution in [1.82, 2.24) is 5.32 Å². The van der Waals surface area contributed by atoms with Gasteiger partial charge in [-0.25, -0.2) is 9.59 Å². The van der Waals surface area contributed by atoms with E-state index in [0.717, 1.165) is 5.56 Å². The lowest BCUT2D eigenvalue weighted by Gasteiger charge is -2.17. The summed E-state index contributed by atoms with van der Waals surface area (Å²) in [4.78, 5) is 36.9. The molecule has 2 aromatic rings. The van der Waals surface area contributed by atoms with E-state index in [4.69, 9.17) is 30.5 Å². The van der Waals surface area contributed by atoms with Gasteiger partial charge in [-0.2, -0.15) is 0 Å². The topological polar surface area (TPSA) is 100 Å². The van der Waals surface area contributed by atoms with Crippen LogP contribution in [0.4, 0.5) is 0 Å². The second-order valence-corrected chi connectivity index (χ2v) is 8.01. The highest BCUT2D eigenvalue weighted by Crippen LogP contribution is 2.36. The van der Waals surface area contributed by atoms with Crippen molar-refractivity contribution in [1.29, 1.82) is 0 Å². The van der Waals surface area contributed by atoms with Crippen LogP contribution in [0.15, 0.2) is 42.5 Å². The molecular weight excluding hydrogens is 450 g/mol. The molecule has 0 aliphatic heterocycles. The van der Waals surface area contributed by atoms with Gasteiger partial charge in [0.15, 0.2) is 18.1 Å². The molecule has 0 spiro atoms. The fraction of sp³-hybridized carbons (Fsp3) is 0.375. The molecule has 33 heavy (non-hydrogen) atoms. The Balaban J connectivity index is 2.01. The summed E-state index contributed by atoms with van der Waals surface area (Å²) in [5.74, 6) is -1.17. The number of rotatable bonds is 11. The minimum atomic E-state index is -0.921. The lowest BCUT2D eigenvalue weighted by atomic mass is 10.1. The predicted molar refractivity (Wildman–Crippen MR) is 123 cm³/mol. The SMILES string of the molecule is COC(=O)C(Cc1ccccc1)NC(=O)COC(=O)c1cc(Cl)c(OCC(C)C)c(OC)c1. The second-order valence-electron chi connectivity index (χ2n) is 7.60. The molecule has 0 aromatic heterocycles. The van der Waals surface area contributed by atoms with Gasteiger partial charge in [-0.3, -0.25) is 4.79 Å². The molecule has 0 saturated carbocycles. The Kier molecular flexibility index (Phi) is 10.00. The van der Waals surface area contributed by atoms with Crippen molar-refractivity contribution in [3.05, 3.63) is 58.6 Å². The van der Waals surface area contributed by atoms with Crippen molar-refractivity contribution >= 4 is 29.4 Å². The first-order valence-electron chi connectivity index (χ1n) is 10.3. The van der Waals surface area contributed by atoms with Gasteiger partial charge in [-0.05, 0) is 23.6 Å². The molecule has 0 aliphatic rings. The molecule has 0 fully saturated rings. The fourth-order valence-electron chi connectivity index (χ4n) is 2.86. The molecule has 2 rings (SSSR count). The highest BCUT2D eigenvalue weighted by atomic mass is 35.5. The molecule has 0 bridgehead atoms. The number of methoxy groups -OCH3 is 2. The van der Waals surface area contributed by atoms with Gasteiger partial charge in [0, 0.05) is 6.42 Å². The molecule has 0 aliphatic carbocycles. The molecule has 0 heterocycles. The van der Waals surface area contributed by atoms with Crippen LogP contribution in [0.1, 0.15) is 29.8 Å². The molecule has 0 saturated heterocycles. The summed E-state index contributed by atoms with van der Waals surface area (Å²) in [6.07, 6.45) is 0.234. The van der Waals surface area contributed by atoms with Crippen LogP contribution in [-0.4, -0.2) is 51.3 Å². The maximum Gasteiger partial charge on any atom is 0.338 e. The Morgan fingerprint density at radius 1 is 1.06 bits per heavy atom. The van der Waals surface area contributed by atoms with Crippen molar-refractivity contribution in [2.75, 3.05) is 27.4 Å². The Bertz CT molecular complexity index is 963. The largest absolute Gasteiger partial charge is 0.493 e. The highest BCUT2D eigenvalue weighted by molar-refractivity contribution is 6.32. The molecule has 1 amide bonds. The number of amides is 1. The number of nitrogens with one attached hydrogen (secondary N) is 1. The first-order valence-corrected chi connectivity index (χ1v) is 10.7. The van der Waals surface area contributed by atoms with E-state index in [1.807, 2.05) is 44.2 Å². The maximum absolute atomic E-state index is 12.5. The fourth-order valence-corrected chi connectivity index (χ4v) is 3.13. The smallest absolute Gasteiger partial charge is 0.338 e. The molecule has 8 nitrogen and oxygen atoms in total. The maximum atomic E-state index is 12.5. The second kappa shape index (κ2) is 12.7. The number of ether oxygens (including phenoxy) is 4. The quantitative estimate of drug-likeness (QED) is 0.495. The van der Waals surface area contributed by atoms with Crippen LogP contribution in [0.5, 0.6) is 11.5 Å². The molecule has 2 aromatic carbocycles. The van der Waals surface area contributed by atoms with Gasteiger partial charge < -0.3 is 24.3 Å². The first kappa shape index (κ1) is 26.0. The number of benzene rings is 2. The average molecular weight is 478 g/mol. The third-order valence-electron chi connectivity index (χ3n) is 4.46. The van der Waals surface area contributed by atoms with Crippen molar-refractivity contribution < 1.29 is 33.3 Å². The average Bonchev–Trinajstić information content (AvgIpc) is 2.80. The Morgan fingerprint density at radius 2 is 1.76 bits per heavy atom. The van der Waals surface area contributed by atoms with Crippen LogP contribution in [0, 0.1) is 5.92 Å². The monoisotopic (exact) mass is 477 g/mol. The van der Waals surface area contributed by atoms with E-state index in [9.17, 15) is 14.4 Å². The number of hydrogen-bond acceptors (Lipinski definition) is 7. The molecule has 1 N–H and O–H groups in total. The van der Waals surface area contributed by atoms with E-state index >= 15 is 0 Å². The van der Waals surface area contributed by atoms with Crippen molar-refractivity contribution in [2.24, 2.45) is 5.92 Å². The molecular formula is C24H28ClNO7. The van der Waals surface area contributed by atoms with E-state index in [1.165, 1.54) is 26.4 Å². The summed E-state index contributed by atoms with van der Waals surface area (Å²) in [6.45, 7) is 3.81. The van der Waals surface area contributed by atoms with Gasteiger partial charge in [-0.15, -0.1) is 0 Å². The summed E-state index contributed by atoms with van der Waals surface area (Å²) in [5, 5.41) is 2.71. The number of halogens is 1. The summed E-state index contributed by atoms with van der Waals surface area (Å²) in [6, 6.07) is 11.0. The van der Waals surface area contributed by atoms with Gasteiger partial charge in [0.1, 0.15) is 6.04 Å². The first-order chi connectivity index (χ1) is 15.7. The van der Waals surface area contributed by atoms with E-state index in [0.29, 0.717) is 12.4 Å². The molecule has 1 atom stereocenters. The highest BCUT2D eigenvalue weighted by Gasteiger charge is 2.23. The van der Waals surface area contributed by atoms with Crippen molar-refractivity contribution in [2.45, 2.75) is 26.3 Å². The summed E-state index contributed by atoms with van der Waals surface area (Å²) < 4.78 is 20.8. The normalized spacial score (nSPS) is 11.5. The summed E-state index contributed by atoms with van der Waals surface area (Å²) >= 11 is 6.26. The Labute approximate surface area is 198 Å². The minimum Gasteiger partial charge on any atom is -0.493 e. The molecule has 9 heteroatoms. The van der Waals surface area contributed by atoms with Crippen LogP contribution >= 0.6 is 11.6 Å². The summed E-state index contributed by atoms with van der Waals surface area (Å²) in [7, 11) is 2.66. The zero-order chi connectivity index (χ0) is 24.4. The minimum absolute atomic E-state index is 0.0929. The summed E-state index contributed by atoms with van der Waals surface area (Å²) in [5.41, 5.74) is 0.932. The van der Waals surface area contributed by atoms with Crippen LogP contribution in [-0.2, 0) is 25.5 Å². The van der Waals surface area contributed by atoms with E-state index in [2.05, 4.69) is 5.32 Å². The van der Waals surface area contributed by atoms with Gasteiger partial charge in [-0.1, -0.05) is 55.8 Å². The van der Waals surface area contributed by atoms with Gasteiger partial charge in [0.05, 0.1) is 31.4 Å². The van der Waals surface area contributed by atoms with Crippen LogP contribution < -0.4 is 14.8 Å². The van der Waals surface area contributed by atoms with E-state index < -0.39 is 30.5 Å². The van der Waals surface area contributed by atoms with Crippen LogP contribution in [0.2, 0.25) is 5.02 Å². The standard InChI is InChI=1S/C24H28ClNO7/c1-15(2)13-32-22-18(25)11-17(12-20(22)30-3)23(28)33-14-21(27)26-19(24(29)31-4)10-16-8-6-5-7-9-16/h5-9,11-12,15,19H,10,13-14H2,1-4H3,(H,26,27). The molecule has 0 radical (unpaired) electrons. The number of carbonyl (C=O) groups excluding carboxylic acids is 3. The van der Waals surface area contributed by atoms with Gasteiger partial charge in [0.2, 0.25) is 0 Å². The van der Waals surface area contributed by atoms with Crippen molar-refractivity contribution in [3.63, 3.8) is 0 Å². The number of esters is 2. The van der Waals surface area contributed by atoms with Gasteiger partial charge in [0.25, 0.3) is 5.91 Å². The third-order valence-corrected chi connectivity index (χ3v) is 4.74. The lowest BCUT2D eigenvalue weighted by molar-refractivity contribution is -0.145. The van der Waals surface area contributed by atoms with Crippen LogP contribution in [0.3, 0.4) is 0 Å². The van der Waals surface area contributed by atoms with Gasteiger partial charge >= 0.3 is 11.9 Å². The van der Waals surface area contributed by atoms with E-state index in [1.54, 1.807) is 0 Å². The zero-order valence-electron chi connectivity index (χ0n) is 19.1. The number of hydrogen-bond donors (Lipinski definition) is 1. The predicted octanol–water partition coefficient (Wildman–Crippen LogP) is 3.44. The molecule has 1 unspecified atom stereocenters. The van der Waals surface area contributed by atoms with Crippen molar-refractivity contribution in [3.8, 4) is 11.5 Å². The molecule has 178 valence electrons. The third kappa shape index (κ3) is 7.98. The Morgan fingerprint density at radius 3 is 2.36 bits per heavy atom. The lowest BCUT2D eigenvalue weighted by Crippen LogP contribution is -2.44. The Hall–Kier alpha value is -3.26. The number of carbonyl (C=O) groups is 3. The van der Waals surface area contributed by atoms with Crippen LogP contribution in [0.25, 0.3) is 0 Å². The van der Waals surface area contributed by atoms with E-state index in [-0.39, 0.29) is 28.7 Å². The zero-order valence-corrected chi connectivity index (χ0v) is 19.8.